The molecule has 0 atom stereocenters. The van der Waals surface area contributed by atoms with E-state index in [4.69, 9.17) is 9.90 Å². The molecule has 0 aliphatic carbocycles. The van der Waals surface area contributed by atoms with Gasteiger partial charge in [-0.25, -0.2) is 18.2 Å². The summed E-state index contributed by atoms with van der Waals surface area (Å²) < 4.78 is 56.7. The van der Waals surface area contributed by atoms with Crippen LogP contribution in [0.1, 0.15) is 26.7 Å². The Hall–Kier alpha value is -2.74. The Morgan fingerprint density at radius 1 is 1.37 bits per heavy atom. The van der Waals surface area contributed by atoms with Crippen LogP contribution >= 0.6 is 11.3 Å². The summed E-state index contributed by atoms with van der Waals surface area (Å²) in [5.41, 5.74) is 0.889. The molecule has 0 aromatic carbocycles. The second-order valence-electron chi connectivity index (χ2n) is 6.05. The lowest BCUT2D eigenvalue weighted by molar-refractivity contribution is -0.192. The summed E-state index contributed by atoms with van der Waals surface area (Å²) in [5, 5.41) is 10.2. The van der Waals surface area contributed by atoms with Crippen LogP contribution in [-0.2, 0) is 27.8 Å². The highest BCUT2D eigenvalue weighted by molar-refractivity contribution is 7.92. The lowest BCUT2D eigenvalue weighted by Crippen LogP contribution is -2.34. The number of carboxylic acids is 1. The molecule has 3 rings (SSSR count). The van der Waals surface area contributed by atoms with Crippen molar-refractivity contribution in [3.05, 3.63) is 40.0 Å². The Balaban J connectivity index is 0.000000396. The number of sulfonamides is 1. The van der Waals surface area contributed by atoms with Crippen LogP contribution in [0.5, 0.6) is 0 Å². The highest BCUT2D eigenvalue weighted by atomic mass is 32.2. The third kappa shape index (κ3) is 6.38. The van der Waals surface area contributed by atoms with Crippen molar-refractivity contribution in [1.29, 1.82) is 0 Å². The number of anilines is 1. The topological polar surface area (TPSA) is 130 Å². The highest BCUT2D eigenvalue weighted by Gasteiger charge is 2.38. The molecular weight excluding hydrogens is 449 g/mol. The van der Waals surface area contributed by atoms with E-state index in [-0.39, 0.29) is 10.9 Å². The van der Waals surface area contributed by atoms with Gasteiger partial charge in [-0.15, -0.1) is 11.3 Å². The van der Waals surface area contributed by atoms with Gasteiger partial charge in [0.25, 0.3) is 5.91 Å². The number of aliphatic carboxylic acids is 1. The first-order valence-corrected chi connectivity index (χ1v) is 11.0. The molecule has 0 bridgehead atoms. The molecule has 0 unspecified atom stereocenters. The highest BCUT2D eigenvalue weighted by Crippen LogP contribution is 2.33. The molecule has 2 aromatic rings. The molecule has 0 spiro atoms. The van der Waals surface area contributed by atoms with Crippen molar-refractivity contribution in [2.75, 3.05) is 17.1 Å². The van der Waals surface area contributed by atoms with E-state index in [1.165, 1.54) is 15.6 Å². The maximum absolute atomic E-state index is 12.2. The Bertz CT molecular complexity index is 1010. The molecule has 2 N–H and O–H groups in total. The van der Waals surface area contributed by atoms with Gasteiger partial charge in [-0.05, 0) is 24.5 Å². The Kier molecular flexibility index (Phi) is 7.36. The molecule has 164 valence electrons. The standard InChI is InChI=1S/C14H16N4O3S2.C2HF3O2/c1-23(20,21)18-7-3-5-11-12(18)17-14(22-11)13(19)16-9-10-4-2-6-15-8-10;3-2(4,5)1(6)7/h2,4,6,8H,3,5,7,9H2,1H3,(H,16,19);(H,6,7). The summed E-state index contributed by atoms with van der Waals surface area (Å²) in [4.78, 5) is 30.2. The van der Waals surface area contributed by atoms with Crippen molar-refractivity contribution in [2.45, 2.75) is 25.6 Å². The van der Waals surface area contributed by atoms with Gasteiger partial charge in [0.05, 0.1) is 11.1 Å². The van der Waals surface area contributed by atoms with E-state index in [0.717, 1.165) is 29.5 Å². The van der Waals surface area contributed by atoms with Crippen molar-refractivity contribution in [2.24, 2.45) is 0 Å². The van der Waals surface area contributed by atoms with Crippen molar-refractivity contribution in [3.63, 3.8) is 0 Å². The first kappa shape index (κ1) is 23.5. The predicted molar refractivity (Wildman–Crippen MR) is 102 cm³/mol. The molecule has 14 heteroatoms. The fourth-order valence-corrected chi connectivity index (χ4v) is 4.38. The number of carboxylic acid groups (broad SMARTS) is 1. The number of nitrogens with one attached hydrogen (secondary N) is 1. The zero-order valence-corrected chi connectivity index (χ0v) is 17.1. The molecule has 0 saturated carbocycles. The number of rotatable bonds is 4. The number of aromatic nitrogens is 2. The minimum Gasteiger partial charge on any atom is -0.475 e. The summed E-state index contributed by atoms with van der Waals surface area (Å²) in [7, 11) is -3.37. The average Bonchev–Trinajstić information content (AvgIpc) is 3.10. The predicted octanol–water partition coefficient (Wildman–Crippen LogP) is 1.81. The van der Waals surface area contributed by atoms with Crippen LogP contribution in [0.2, 0.25) is 0 Å². The SMILES string of the molecule is CS(=O)(=O)N1CCCc2sc(C(=O)NCc3cccnc3)nc21.O=C(O)C(F)(F)F. The van der Waals surface area contributed by atoms with Crippen LogP contribution in [0.3, 0.4) is 0 Å². The van der Waals surface area contributed by atoms with Crippen molar-refractivity contribution in [1.82, 2.24) is 15.3 Å². The fraction of sp³-hybridized carbons (Fsp3) is 0.375. The van der Waals surface area contributed by atoms with Gasteiger partial charge < -0.3 is 10.4 Å². The van der Waals surface area contributed by atoms with E-state index < -0.39 is 22.2 Å². The zero-order chi connectivity index (χ0) is 22.5. The minimum atomic E-state index is -5.08. The lowest BCUT2D eigenvalue weighted by atomic mass is 10.2. The molecule has 1 amide bonds. The maximum atomic E-state index is 12.2. The van der Waals surface area contributed by atoms with Crippen LogP contribution < -0.4 is 9.62 Å². The van der Waals surface area contributed by atoms with Gasteiger partial charge in [0.1, 0.15) is 0 Å². The molecule has 0 fully saturated rings. The van der Waals surface area contributed by atoms with Gasteiger partial charge >= 0.3 is 12.1 Å². The number of carbonyl (C=O) groups is 2. The summed E-state index contributed by atoms with van der Waals surface area (Å²) in [6.45, 7) is 0.763. The Labute approximate surface area is 173 Å². The van der Waals surface area contributed by atoms with Crippen LogP contribution in [0.4, 0.5) is 19.0 Å². The van der Waals surface area contributed by atoms with E-state index in [2.05, 4.69) is 15.3 Å². The number of thiazole rings is 1. The normalized spacial score (nSPS) is 13.7. The molecule has 30 heavy (non-hydrogen) atoms. The van der Waals surface area contributed by atoms with E-state index in [0.29, 0.717) is 18.9 Å². The van der Waals surface area contributed by atoms with E-state index in [9.17, 15) is 26.4 Å². The maximum Gasteiger partial charge on any atom is 0.490 e. The van der Waals surface area contributed by atoms with Gasteiger partial charge in [-0.1, -0.05) is 6.07 Å². The smallest absolute Gasteiger partial charge is 0.475 e. The molecular formula is C16H17F3N4O5S2. The number of carbonyl (C=O) groups excluding carboxylic acids is 1. The van der Waals surface area contributed by atoms with Gasteiger partial charge in [0.2, 0.25) is 10.0 Å². The van der Waals surface area contributed by atoms with Crippen molar-refractivity contribution >= 4 is 39.1 Å². The number of halogens is 3. The number of pyridine rings is 1. The monoisotopic (exact) mass is 466 g/mol. The summed E-state index contributed by atoms with van der Waals surface area (Å²) in [5.74, 6) is -2.66. The number of nitrogens with zero attached hydrogens (tertiary/aromatic N) is 3. The van der Waals surface area contributed by atoms with Crippen LogP contribution in [-0.4, -0.2) is 54.3 Å². The third-order valence-corrected chi connectivity index (χ3v) is 5.95. The number of alkyl halides is 3. The van der Waals surface area contributed by atoms with Crippen LogP contribution in [0.25, 0.3) is 0 Å². The third-order valence-electron chi connectivity index (χ3n) is 3.69. The van der Waals surface area contributed by atoms with E-state index >= 15 is 0 Å². The lowest BCUT2D eigenvalue weighted by Gasteiger charge is -2.24. The van der Waals surface area contributed by atoms with Gasteiger partial charge in [-0.2, -0.15) is 13.2 Å². The number of amides is 1. The molecule has 2 aromatic heterocycles. The molecule has 0 radical (unpaired) electrons. The molecule has 3 heterocycles. The summed E-state index contributed by atoms with van der Waals surface area (Å²) >= 11 is 1.25. The largest absolute Gasteiger partial charge is 0.490 e. The fourth-order valence-electron chi connectivity index (χ4n) is 2.37. The average molecular weight is 466 g/mol. The second kappa shape index (κ2) is 9.38. The summed E-state index contributed by atoms with van der Waals surface area (Å²) in [6.07, 6.45) is 0.899. The zero-order valence-electron chi connectivity index (χ0n) is 15.5. The molecule has 9 nitrogen and oxygen atoms in total. The number of hydrogen-bond donors (Lipinski definition) is 2. The Morgan fingerprint density at radius 2 is 2.03 bits per heavy atom. The minimum absolute atomic E-state index is 0.287. The first-order chi connectivity index (χ1) is 13.9. The van der Waals surface area contributed by atoms with Crippen molar-refractivity contribution in [3.8, 4) is 0 Å². The van der Waals surface area contributed by atoms with Crippen molar-refractivity contribution < 1.29 is 36.3 Å². The quantitative estimate of drug-likeness (QED) is 0.703. The van der Waals surface area contributed by atoms with E-state index in [1.54, 1.807) is 18.5 Å². The molecule has 1 aliphatic rings. The molecule has 1 aliphatic heterocycles. The summed E-state index contributed by atoms with van der Waals surface area (Å²) in [6, 6.07) is 3.67. The van der Waals surface area contributed by atoms with Gasteiger partial charge in [0.15, 0.2) is 10.8 Å². The van der Waals surface area contributed by atoms with Gasteiger partial charge in [-0.3, -0.25) is 14.1 Å². The Morgan fingerprint density at radius 3 is 2.57 bits per heavy atom. The number of aryl methyl sites for hydroxylation is 1. The van der Waals surface area contributed by atoms with Gasteiger partial charge in [0, 0.05) is 25.5 Å². The molecule has 0 saturated heterocycles. The van der Waals surface area contributed by atoms with E-state index in [1.807, 2.05) is 6.07 Å². The second-order valence-corrected chi connectivity index (χ2v) is 9.04. The number of fused-ring (bicyclic) bond motifs is 1. The number of hydrogen-bond acceptors (Lipinski definition) is 7. The van der Waals surface area contributed by atoms with Crippen LogP contribution in [0, 0.1) is 0 Å². The first-order valence-electron chi connectivity index (χ1n) is 8.34. The van der Waals surface area contributed by atoms with Crippen LogP contribution in [0.15, 0.2) is 24.5 Å².